The Kier molecular flexibility index (Phi) is 2.90. The molecule has 0 spiro atoms. The number of aryl methyl sites for hydroxylation is 1. The van der Waals surface area contributed by atoms with Gasteiger partial charge in [0.05, 0.1) is 29.5 Å². The van der Waals surface area contributed by atoms with Crippen LogP contribution in [-0.2, 0) is 17.8 Å². The number of aromatic nitrogens is 2. The third kappa shape index (κ3) is 1.92. The zero-order valence-electron chi connectivity index (χ0n) is 11.0. The number of nitrogens with two attached hydrogens (primary N) is 1. The van der Waals surface area contributed by atoms with E-state index in [9.17, 15) is 10.1 Å². The fourth-order valence-electron chi connectivity index (χ4n) is 2.45. The van der Waals surface area contributed by atoms with Crippen LogP contribution in [0.1, 0.15) is 16.8 Å². The van der Waals surface area contributed by atoms with Crippen molar-refractivity contribution >= 4 is 11.5 Å². The van der Waals surface area contributed by atoms with Crippen molar-refractivity contribution in [1.82, 2.24) is 9.78 Å². The van der Waals surface area contributed by atoms with Gasteiger partial charge in [0.1, 0.15) is 0 Å². The molecule has 0 saturated heterocycles. The summed E-state index contributed by atoms with van der Waals surface area (Å²) >= 11 is 0. The minimum Gasteiger partial charge on any atom is -0.382 e. The number of fused-ring (bicyclic) bond motifs is 1. The van der Waals surface area contributed by atoms with Gasteiger partial charge in [-0.1, -0.05) is 0 Å². The number of nitro groups is 1. The molecule has 1 aromatic carbocycles. The Labute approximate surface area is 115 Å². The molecule has 0 radical (unpaired) electrons. The molecule has 1 aromatic heterocycles. The molecule has 7 heteroatoms. The van der Waals surface area contributed by atoms with Crippen LogP contribution in [0.2, 0.25) is 0 Å². The van der Waals surface area contributed by atoms with Crippen molar-refractivity contribution in [3.63, 3.8) is 0 Å². The van der Waals surface area contributed by atoms with E-state index in [2.05, 4.69) is 5.10 Å². The van der Waals surface area contributed by atoms with E-state index in [1.54, 1.807) is 23.7 Å². The van der Waals surface area contributed by atoms with Gasteiger partial charge in [-0.15, -0.1) is 0 Å². The predicted octanol–water partition coefficient (Wildman–Crippen LogP) is 1.74. The highest BCUT2D eigenvalue weighted by atomic mass is 16.6. The number of nitro benzene ring substituents is 1. The zero-order valence-corrected chi connectivity index (χ0v) is 11.0. The van der Waals surface area contributed by atoms with Crippen LogP contribution < -0.4 is 5.73 Å². The van der Waals surface area contributed by atoms with Gasteiger partial charge >= 0.3 is 0 Å². The number of hydrogen-bond acceptors (Lipinski definition) is 5. The zero-order chi connectivity index (χ0) is 14.3. The topological polar surface area (TPSA) is 96.2 Å². The molecule has 0 atom stereocenters. The van der Waals surface area contributed by atoms with Crippen LogP contribution in [0.5, 0.6) is 0 Å². The molecule has 2 heterocycles. The number of benzene rings is 1. The lowest BCUT2D eigenvalue weighted by Crippen LogP contribution is -2.13. The lowest BCUT2D eigenvalue weighted by molar-refractivity contribution is -0.385. The summed E-state index contributed by atoms with van der Waals surface area (Å²) in [6.07, 6.45) is 0.732. The summed E-state index contributed by atoms with van der Waals surface area (Å²) < 4.78 is 7.13. The van der Waals surface area contributed by atoms with E-state index in [0.717, 1.165) is 23.4 Å². The first-order valence-corrected chi connectivity index (χ1v) is 6.27. The van der Waals surface area contributed by atoms with Crippen LogP contribution in [0.3, 0.4) is 0 Å². The molecule has 7 nitrogen and oxygen atoms in total. The molecule has 1 aliphatic rings. The van der Waals surface area contributed by atoms with Crippen molar-refractivity contribution < 1.29 is 9.66 Å². The molecule has 0 amide bonds. The molecule has 104 valence electrons. The molecule has 0 bridgehead atoms. The molecule has 20 heavy (non-hydrogen) atoms. The highest BCUT2D eigenvalue weighted by Crippen LogP contribution is 2.27. The summed E-state index contributed by atoms with van der Waals surface area (Å²) in [6.45, 7) is 2.81. The molecule has 0 fully saturated rings. The normalized spacial score (nSPS) is 14.1. The van der Waals surface area contributed by atoms with Gasteiger partial charge in [-0.3, -0.25) is 10.1 Å². The Morgan fingerprint density at radius 2 is 2.30 bits per heavy atom. The van der Waals surface area contributed by atoms with Crippen LogP contribution in [0.25, 0.3) is 5.69 Å². The van der Waals surface area contributed by atoms with Crippen molar-refractivity contribution in [2.24, 2.45) is 0 Å². The van der Waals surface area contributed by atoms with Gasteiger partial charge < -0.3 is 10.5 Å². The molecule has 3 rings (SSSR count). The van der Waals surface area contributed by atoms with Gasteiger partial charge in [-0.05, 0) is 19.1 Å². The number of nitrogens with zero attached hydrogens (tertiary/aromatic N) is 3. The molecule has 0 saturated carbocycles. The SMILES string of the molecule is Cc1cc(-n2nc(N)c3c2CCOC3)ccc1[N+](=O)[O-]. The number of nitrogen functional groups attached to an aromatic ring is 1. The van der Waals surface area contributed by atoms with E-state index < -0.39 is 0 Å². The predicted molar refractivity (Wildman–Crippen MR) is 72.7 cm³/mol. The van der Waals surface area contributed by atoms with Gasteiger partial charge in [0.25, 0.3) is 5.69 Å². The maximum Gasteiger partial charge on any atom is 0.272 e. The lowest BCUT2D eigenvalue weighted by atomic mass is 10.1. The van der Waals surface area contributed by atoms with Crippen molar-refractivity contribution in [2.45, 2.75) is 20.0 Å². The maximum atomic E-state index is 10.9. The first-order valence-electron chi connectivity index (χ1n) is 6.27. The summed E-state index contributed by atoms with van der Waals surface area (Å²) in [5, 5.41) is 15.2. The van der Waals surface area contributed by atoms with Crippen molar-refractivity contribution in [2.75, 3.05) is 12.3 Å². The third-order valence-corrected chi connectivity index (χ3v) is 3.47. The summed E-state index contributed by atoms with van der Waals surface area (Å²) in [6, 6.07) is 4.93. The monoisotopic (exact) mass is 274 g/mol. The van der Waals surface area contributed by atoms with Crippen LogP contribution >= 0.6 is 0 Å². The van der Waals surface area contributed by atoms with E-state index in [-0.39, 0.29) is 10.6 Å². The molecule has 2 N–H and O–H groups in total. The van der Waals surface area contributed by atoms with Gasteiger partial charge in [-0.2, -0.15) is 5.10 Å². The lowest BCUT2D eigenvalue weighted by Gasteiger charge is -2.14. The van der Waals surface area contributed by atoms with Crippen molar-refractivity contribution in [3.05, 3.63) is 45.1 Å². The Bertz CT molecular complexity index is 693. The second-order valence-corrected chi connectivity index (χ2v) is 4.75. The van der Waals surface area contributed by atoms with E-state index in [1.165, 1.54) is 6.07 Å². The van der Waals surface area contributed by atoms with Gasteiger partial charge in [-0.25, -0.2) is 4.68 Å². The fraction of sp³-hybridized carbons (Fsp3) is 0.308. The number of anilines is 1. The fourth-order valence-corrected chi connectivity index (χ4v) is 2.45. The van der Waals surface area contributed by atoms with E-state index in [1.807, 2.05) is 0 Å². The molecular weight excluding hydrogens is 260 g/mol. The number of rotatable bonds is 2. The summed E-state index contributed by atoms with van der Waals surface area (Å²) in [4.78, 5) is 10.5. The van der Waals surface area contributed by atoms with Gasteiger partial charge in [0, 0.05) is 23.6 Å². The van der Waals surface area contributed by atoms with Gasteiger partial charge in [0.15, 0.2) is 5.82 Å². The average molecular weight is 274 g/mol. The second-order valence-electron chi connectivity index (χ2n) is 4.75. The van der Waals surface area contributed by atoms with Crippen LogP contribution in [-0.4, -0.2) is 21.3 Å². The third-order valence-electron chi connectivity index (χ3n) is 3.47. The minimum atomic E-state index is -0.389. The highest BCUT2D eigenvalue weighted by Gasteiger charge is 2.21. The Hall–Kier alpha value is -2.41. The maximum absolute atomic E-state index is 10.9. The molecule has 0 unspecified atom stereocenters. The van der Waals surface area contributed by atoms with Crippen molar-refractivity contribution in [1.29, 1.82) is 0 Å². The standard InChI is InChI=1S/C13H14N4O3/c1-8-6-9(2-3-11(8)17(18)19)16-12-4-5-20-7-10(12)13(14)15-16/h2-3,6H,4-5,7H2,1H3,(H2,14,15). The number of hydrogen-bond donors (Lipinski definition) is 1. The van der Waals surface area contributed by atoms with Crippen LogP contribution in [0, 0.1) is 17.0 Å². The van der Waals surface area contributed by atoms with Crippen LogP contribution in [0.15, 0.2) is 18.2 Å². The summed E-state index contributed by atoms with van der Waals surface area (Å²) in [5.41, 5.74) is 9.30. The minimum absolute atomic E-state index is 0.103. The largest absolute Gasteiger partial charge is 0.382 e. The van der Waals surface area contributed by atoms with Gasteiger partial charge in [0.2, 0.25) is 0 Å². The molecule has 0 aliphatic carbocycles. The Morgan fingerprint density at radius 1 is 1.50 bits per heavy atom. The highest BCUT2D eigenvalue weighted by molar-refractivity contribution is 5.51. The Balaban J connectivity index is 2.10. The first kappa shape index (κ1) is 12.6. The van der Waals surface area contributed by atoms with E-state index in [4.69, 9.17) is 10.5 Å². The summed E-state index contributed by atoms with van der Waals surface area (Å²) in [5.74, 6) is 0.454. The van der Waals surface area contributed by atoms with E-state index in [0.29, 0.717) is 24.6 Å². The summed E-state index contributed by atoms with van der Waals surface area (Å²) in [7, 11) is 0. The van der Waals surface area contributed by atoms with Crippen LogP contribution in [0.4, 0.5) is 11.5 Å². The number of ether oxygens (including phenoxy) is 1. The second kappa shape index (κ2) is 4.61. The quantitative estimate of drug-likeness (QED) is 0.664. The van der Waals surface area contributed by atoms with Crippen molar-refractivity contribution in [3.8, 4) is 5.69 Å². The Morgan fingerprint density at radius 3 is 3.00 bits per heavy atom. The molecule has 1 aliphatic heterocycles. The molecular formula is C13H14N4O3. The average Bonchev–Trinajstić information content (AvgIpc) is 2.76. The smallest absolute Gasteiger partial charge is 0.272 e. The first-order chi connectivity index (χ1) is 9.58. The molecule has 2 aromatic rings. The van der Waals surface area contributed by atoms with E-state index >= 15 is 0 Å².